The number of esters is 1. The van der Waals surface area contributed by atoms with Crippen LogP contribution in [0, 0.1) is 10.1 Å². The number of carbonyl (C=O) groups excluding carboxylic acids is 3. The number of nitro groups is 1. The first kappa shape index (κ1) is 25.8. The minimum atomic E-state index is -0.725. The number of non-ortho nitro benzene ring substituents is 1. The molecule has 0 aliphatic carbocycles. The molecular formula is C24H19ClN4O7. The lowest BCUT2D eigenvalue weighted by Gasteiger charge is -2.10. The van der Waals surface area contributed by atoms with Crippen LogP contribution in [0.2, 0.25) is 5.02 Å². The number of methoxy groups -OCH3 is 1. The van der Waals surface area contributed by atoms with Gasteiger partial charge in [-0.2, -0.15) is 5.10 Å². The van der Waals surface area contributed by atoms with Gasteiger partial charge in [0.1, 0.15) is 0 Å². The molecule has 0 aliphatic rings. The van der Waals surface area contributed by atoms with Crippen molar-refractivity contribution in [2.45, 2.75) is 0 Å². The molecule has 12 heteroatoms. The van der Waals surface area contributed by atoms with Crippen LogP contribution in [0.5, 0.6) is 11.5 Å². The second kappa shape index (κ2) is 12.1. The molecule has 0 aromatic heterocycles. The molecule has 36 heavy (non-hydrogen) atoms. The van der Waals surface area contributed by atoms with Gasteiger partial charge in [-0.3, -0.25) is 19.7 Å². The topological polar surface area (TPSA) is 149 Å². The van der Waals surface area contributed by atoms with Gasteiger partial charge in [-0.1, -0.05) is 11.6 Å². The summed E-state index contributed by atoms with van der Waals surface area (Å²) in [5, 5.41) is 17.5. The molecule has 0 heterocycles. The summed E-state index contributed by atoms with van der Waals surface area (Å²) in [6, 6.07) is 15.7. The summed E-state index contributed by atoms with van der Waals surface area (Å²) < 4.78 is 10.6. The van der Waals surface area contributed by atoms with Gasteiger partial charge in [0.15, 0.2) is 11.5 Å². The Balaban J connectivity index is 1.54. The van der Waals surface area contributed by atoms with Gasteiger partial charge in [-0.15, -0.1) is 0 Å². The molecule has 2 N–H and O–H groups in total. The number of hydrazone groups is 1. The first-order valence-corrected chi connectivity index (χ1v) is 10.6. The summed E-state index contributed by atoms with van der Waals surface area (Å²) in [6.07, 6.45) is 1.34. The fourth-order valence-electron chi connectivity index (χ4n) is 2.81. The van der Waals surface area contributed by atoms with Crippen LogP contribution < -0.4 is 20.2 Å². The largest absolute Gasteiger partial charge is 0.493 e. The number of hydrogen-bond donors (Lipinski definition) is 2. The number of halogens is 1. The standard InChI is InChI=1S/C24H19ClN4O7/c1-35-21-12-15(2-11-20(21)36-24(32)17-5-9-19(10-6-17)29(33)34)13-27-28-22(30)14-26-23(31)16-3-7-18(25)8-4-16/h2-13H,14H2,1H3,(H,26,31)(H,28,30)/b27-13+. The first-order chi connectivity index (χ1) is 17.3. The van der Waals surface area contributed by atoms with Crippen LogP contribution in [0.15, 0.2) is 71.8 Å². The third-order valence-electron chi connectivity index (χ3n) is 4.62. The van der Waals surface area contributed by atoms with E-state index in [2.05, 4.69) is 15.8 Å². The second-order valence-electron chi connectivity index (χ2n) is 7.09. The highest BCUT2D eigenvalue weighted by molar-refractivity contribution is 6.30. The van der Waals surface area contributed by atoms with Gasteiger partial charge in [-0.25, -0.2) is 10.2 Å². The average molecular weight is 511 g/mol. The van der Waals surface area contributed by atoms with Crippen molar-refractivity contribution in [3.63, 3.8) is 0 Å². The molecule has 0 saturated carbocycles. The van der Waals surface area contributed by atoms with E-state index in [-0.39, 0.29) is 29.3 Å². The van der Waals surface area contributed by atoms with Gasteiger partial charge in [0, 0.05) is 22.7 Å². The molecule has 2 amide bonds. The smallest absolute Gasteiger partial charge is 0.343 e. The fourth-order valence-corrected chi connectivity index (χ4v) is 2.94. The van der Waals surface area contributed by atoms with Crippen LogP contribution in [0.4, 0.5) is 5.69 Å². The monoisotopic (exact) mass is 510 g/mol. The van der Waals surface area contributed by atoms with Crippen molar-refractivity contribution in [2.24, 2.45) is 5.10 Å². The molecule has 0 bridgehead atoms. The molecule has 3 aromatic rings. The number of benzene rings is 3. The Morgan fingerprint density at radius 3 is 2.31 bits per heavy atom. The molecule has 3 rings (SSSR count). The summed E-state index contributed by atoms with van der Waals surface area (Å²) in [7, 11) is 1.38. The number of ether oxygens (including phenoxy) is 2. The van der Waals surface area contributed by atoms with Gasteiger partial charge in [0.25, 0.3) is 17.5 Å². The zero-order chi connectivity index (χ0) is 26.1. The highest BCUT2D eigenvalue weighted by atomic mass is 35.5. The van der Waals surface area contributed by atoms with Crippen molar-refractivity contribution in [1.82, 2.24) is 10.7 Å². The minimum Gasteiger partial charge on any atom is -0.493 e. The van der Waals surface area contributed by atoms with Crippen LogP contribution in [0.25, 0.3) is 0 Å². The molecule has 11 nitrogen and oxygen atoms in total. The third kappa shape index (κ3) is 7.11. The van der Waals surface area contributed by atoms with E-state index >= 15 is 0 Å². The van der Waals surface area contributed by atoms with E-state index in [1.807, 2.05) is 0 Å². The summed E-state index contributed by atoms with van der Waals surface area (Å²) in [4.78, 5) is 46.5. The van der Waals surface area contributed by atoms with Crippen LogP contribution in [0.3, 0.4) is 0 Å². The van der Waals surface area contributed by atoms with E-state index in [4.69, 9.17) is 21.1 Å². The normalized spacial score (nSPS) is 10.5. The maximum absolute atomic E-state index is 12.4. The van der Waals surface area contributed by atoms with Crippen molar-refractivity contribution in [3.05, 3.63) is 98.6 Å². The summed E-state index contributed by atoms with van der Waals surface area (Å²) >= 11 is 5.78. The van der Waals surface area contributed by atoms with E-state index in [1.165, 1.54) is 61.9 Å². The highest BCUT2D eigenvalue weighted by Crippen LogP contribution is 2.28. The number of carbonyl (C=O) groups is 3. The molecular weight excluding hydrogens is 492 g/mol. The third-order valence-corrected chi connectivity index (χ3v) is 4.87. The number of rotatable bonds is 9. The molecule has 0 fully saturated rings. The molecule has 0 spiro atoms. The Kier molecular flexibility index (Phi) is 8.68. The lowest BCUT2D eigenvalue weighted by Crippen LogP contribution is -2.34. The number of hydrogen-bond acceptors (Lipinski definition) is 8. The van der Waals surface area contributed by atoms with Crippen LogP contribution >= 0.6 is 11.6 Å². The fraction of sp³-hybridized carbons (Fsp3) is 0.0833. The predicted octanol–water partition coefficient (Wildman–Crippen LogP) is 3.36. The number of amides is 2. The zero-order valence-electron chi connectivity index (χ0n) is 18.8. The quantitative estimate of drug-likeness (QED) is 0.147. The van der Waals surface area contributed by atoms with E-state index in [1.54, 1.807) is 18.2 Å². The minimum absolute atomic E-state index is 0.118. The van der Waals surface area contributed by atoms with Gasteiger partial charge in [0.05, 0.1) is 30.4 Å². The summed E-state index contributed by atoms with van der Waals surface area (Å²) in [5.74, 6) is -1.37. The SMILES string of the molecule is COc1cc(/C=N/NC(=O)CNC(=O)c2ccc(Cl)cc2)ccc1OC(=O)c1ccc([N+](=O)[O-])cc1. The predicted molar refractivity (Wildman–Crippen MR) is 131 cm³/mol. The molecule has 0 radical (unpaired) electrons. The Morgan fingerprint density at radius 2 is 1.67 bits per heavy atom. The van der Waals surface area contributed by atoms with E-state index in [9.17, 15) is 24.5 Å². The lowest BCUT2D eigenvalue weighted by molar-refractivity contribution is -0.384. The van der Waals surface area contributed by atoms with Crippen LogP contribution in [-0.2, 0) is 4.79 Å². The maximum Gasteiger partial charge on any atom is 0.343 e. The lowest BCUT2D eigenvalue weighted by atomic mass is 10.2. The van der Waals surface area contributed by atoms with Crippen molar-refractivity contribution in [1.29, 1.82) is 0 Å². The Morgan fingerprint density at radius 1 is 1.00 bits per heavy atom. The number of nitrogens with one attached hydrogen (secondary N) is 2. The average Bonchev–Trinajstić information content (AvgIpc) is 2.88. The van der Waals surface area contributed by atoms with Gasteiger partial charge < -0.3 is 14.8 Å². The molecule has 184 valence electrons. The van der Waals surface area contributed by atoms with Crippen molar-refractivity contribution in [2.75, 3.05) is 13.7 Å². The Hall–Kier alpha value is -4.77. The van der Waals surface area contributed by atoms with Crippen LogP contribution in [-0.4, -0.2) is 42.6 Å². The van der Waals surface area contributed by atoms with E-state index < -0.39 is 22.7 Å². The first-order valence-electron chi connectivity index (χ1n) is 10.3. The van der Waals surface area contributed by atoms with Crippen molar-refractivity contribution in [3.8, 4) is 11.5 Å². The van der Waals surface area contributed by atoms with E-state index in [0.29, 0.717) is 16.1 Å². The number of nitrogens with zero attached hydrogens (tertiary/aromatic N) is 2. The van der Waals surface area contributed by atoms with Gasteiger partial charge in [0.2, 0.25) is 0 Å². The molecule has 0 atom stereocenters. The van der Waals surface area contributed by atoms with Gasteiger partial charge in [-0.05, 0) is 60.2 Å². The van der Waals surface area contributed by atoms with Crippen molar-refractivity contribution >= 4 is 41.3 Å². The maximum atomic E-state index is 12.4. The molecule has 0 aliphatic heterocycles. The van der Waals surface area contributed by atoms with Gasteiger partial charge >= 0.3 is 5.97 Å². The Bertz CT molecular complexity index is 1310. The summed E-state index contributed by atoms with van der Waals surface area (Å²) in [6.45, 7) is -0.292. The highest BCUT2D eigenvalue weighted by Gasteiger charge is 2.14. The molecule has 3 aromatic carbocycles. The van der Waals surface area contributed by atoms with Crippen molar-refractivity contribution < 1.29 is 28.8 Å². The molecule has 0 saturated heterocycles. The number of nitro benzene ring substituents is 1. The van der Waals surface area contributed by atoms with Crippen LogP contribution in [0.1, 0.15) is 26.3 Å². The van der Waals surface area contributed by atoms with E-state index in [0.717, 1.165) is 0 Å². The summed E-state index contributed by atoms with van der Waals surface area (Å²) in [5.41, 5.74) is 3.14. The second-order valence-corrected chi connectivity index (χ2v) is 7.52. The Labute approximate surface area is 209 Å². The zero-order valence-corrected chi connectivity index (χ0v) is 19.5. The molecule has 0 unspecified atom stereocenters.